The number of para-hydroxylation sites is 1. The number of hydrogen-bond acceptors (Lipinski definition) is 4. The summed E-state index contributed by atoms with van der Waals surface area (Å²) >= 11 is 0. The number of H-pyrrole nitrogens is 1. The predicted molar refractivity (Wildman–Crippen MR) is 141 cm³/mol. The maximum atomic E-state index is 13.5. The highest BCUT2D eigenvalue weighted by atomic mass is 19.1. The third kappa shape index (κ3) is 8.44. The number of aromatic amines is 1. The van der Waals surface area contributed by atoms with E-state index in [-0.39, 0.29) is 43.6 Å². The molecule has 1 aromatic heterocycles. The Morgan fingerprint density at radius 3 is 2.41 bits per heavy atom. The monoisotopic (exact) mass is 509 g/mol. The number of benzene rings is 2. The zero-order valence-electron chi connectivity index (χ0n) is 21.7. The van der Waals surface area contributed by atoms with Crippen LogP contribution in [0.5, 0.6) is 0 Å². The second-order valence-corrected chi connectivity index (χ2v) is 9.03. The molecule has 0 bridgehead atoms. The second-order valence-electron chi connectivity index (χ2n) is 9.03. The summed E-state index contributed by atoms with van der Waals surface area (Å²) in [7, 11) is 0. The van der Waals surface area contributed by atoms with E-state index in [1.165, 1.54) is 17.0 Å². The van der Waals surface area contributed by atoms with Crippen molar-refractivity contribution < 1.29 is 23.5 Å². The van der Waals surface area contributed by atoms with Crippen molar-refractivity contribution in [2.24, 2.45) is 0 Å². The number of nitrogens with one attached hydrogen (secondary N) is 1. The van der Waals surface area contributed by atoms with E-state index in [2.05, 4.69) is 4.98 Å². The van der Waals surface area contributed by atoms with Gasteiger partial charge in [-0.1, -0.05) is 43.7 Å². The Morgan fingerprint density at radius 1 is 0.919 bits per heavy atom. The molecule has 0 aliphatic rings. The summed E-state index contributed by atoms with van der Waals surface area (Å²) in [5.74, 6) is -1.19. The number of amides is 2. The van der Waals surface area contributed by atoms with Gasteiger partial charge in [0.1, 0.15) is 5.82 Å². The van der Waals surface area contributed by atoms with Gasteiger partial charge in [0.15, 0.2) is 0 Å². The van der Waals surface area contributed by atoms with Crippen molar-refractivity contribution in [3.63, 3.8) is 0 Å². The van der Waals surface area contributed by atoms with Crippen LogP contribution in [0.3, 0.4) is 0 Å². The molecular weight excluding hydrogens is 473 g/mol. The van der Waals surface area contributed by atoms with Gasteiger partial charge in [-0.05, 0) is 49.1 Å². The molecule has 1 N–H and O–H groups in total. The third-order valence-corrected chi connectivity index (χ3v) is 6.27. The van der Waals surface area contributed by atoms with Gasteiger partial charge in [-0.3, -0.25) is 14.4 Å². The molecule has 37 heavy (non-hydrogen) atoms. The van der Waals surface area contributed by atoms with Gasteiger partial charge >= 0.3 is 5.97 Å². The number of aromatic nitrogens is 1. The minimum absolute atomic E-state index is 0.00310. The molecule has 0 unspecified atom stereocenters. The van der Waals surface area contributed by atoms with Crippen molar-refractivity contribution in [2.45, 2.75) is 52.5 Å². The van der Waals surface area contributed by atoms with E-state index in [9.17, 15) is 18.8 Å². The predicted octanol–water partition coefficient (Wildman–Crippen LogP) is 4.85. The molecule has 3 rings (SSSR count). The summed E-state index contributed by atoms with van der Waals surface area (Å²) in [6.07, 6.45) is 4.20. The number of esters is 1. The quantitative estimate of drug-likeness (QED) is 0.315. The van der Waals surface area contributed by atoms with Crippen LogP contribution in [0.15, 0.2) is 54.7 Å². The van der Waals surface area contributed by atoms with Gasteiger partial charge in [-0.2, -0.15) is 0 Å². The van der Waals surface area contributed by atoms with Crippen LogP contribution in [-0.2, 0) is 32.1 Å². The Kier molecular flexibility index (Phi) is 10.7. The van der Waals surface area contributed by atoms with E-state index in [1.54, 1.807) is 24.0 Å². The fourth-order valence-electron chi connectivity index (χ4n) is 4.20. The summed E-state index contributed by atoms with van der Waals surface area (Å²) in [4.78, 5) is 44.7. The highest BCUT2D eigenvalue weighted by Gasteiger charge is 2.22. The molecule has 0 atom stereocenters. The lowest BCUT2D eigenvalue weighted by molar-refractivity contribution is -0.146. The molecule has 3 aromatic rings. The number of unbranched alkanes of at least 4 members (excludes halogenated alkanes) is 1. The Labute approximate surface area is 217 Å². The Bertz CT molecular complexity index is 1180. The molecule has 2 aromatic carbocycles. The van der Waals surface area contributed by atoms with E-state index in [0.29, 0.717) is 26.1 Å². The largest absolute Gasteiger partial charge is 0.466 e. The summed E-state index contributed by atoms with van der Waals surface area (Å²) in [6, 6.07) is 14.1. The molecule has 0 aliphatic carbocycles. The molecule has 0 radical (unpaired) electrons. The lowest BCUT2D eigenvalue weighted by Gasteiger charge is -2.28. The minimum atomic E-state index is -0.422. The average Bonchev–Trinajstić information content (AvgIpc) is 3.31. The minimum Gasteiger partial charge on any atom is -0.466 e. The van der Waals surface area contributed by atoms with Gasteiger partial charge in [0, 0.05) is 43.2 Å². The summed E-state index contributed by atoms with van der Waals surface area (Å²) < 4.78 is 18.4. The summed E-state index contributed by atoms with van der Waals surface area (Å²) in [5, 5.41) is 1.11. The first-order valence-electron chi connectivity index (χ1n) is 12.9. The van der Waals surface area contributed by atoms with Crippen LogP contribution in [-0.4, -0.2) is 58.8 Å². The standard InChI is InChI=1S/C29H36FN3O4/c1-3-5-17-32(27(34)14-15-29(36)37-4-2)21-28(35)33(20-22-10-12-24(30)13-11-22)18-16-23-19-31-26-9-7-6-8-25(23)26/h6-13,19,31H,3-5,14-18,20-21H2,1-2H3. The summed E-state index contributed by atoms with van der Waals surface area (Å²) in [6.45, 7) is 5.12. The van der Waals surface area contributed by atoms with Crippen molar-refractivity contribution in [2.75, 3.05) is 26.2 Å². The molecule has 0 spiro atoms. The first kappa shape index (κ1) is 27.9. The van der Waals surface area contributed by atoms with Crippen LogP contribution in [0.25, 0.3) is 10.9 Å². The van der Waals surface area contributed by atoms with E-state index in [4.69, 9.17) is 4.74 Å². The molecule has 7 nitrogen and oxygen atoms in total. The Balaban J connectivity index is 1.73. The zero-order chi connectivity index (χ0) is 26.6. The maximum absolute atomic E-state index is 13.5. The molecule has 8 heteroatoms. The first-order chi connectivity index (χ1) is 17.9. The van der Waals surface area contributed by atoms with Crippen molar-refractivity contribution in [3.05, 3.63) is 71.7 Å². The number of halogens is 1. The third-order valence-electron chi connectivity index (χ3n) is 6.27. The number of carbonyl (C=O) groups is 3. The lowest BCUT2D eigenvalue weighted by Crippen LogP contribution is -2.43. The number of nitrogens with zero attached hydrogens (tertiary/aromatic N) is 2. The molecule has 2 amide bonds. The highest BCUT2D eigenvalue weighted by Crippen LogP contribution is 2.19. The SMILES string of the molecule is CCCCN(CC(=O)N(CCc1c[nH]c2ccccc12)Cc1ccc(F)cc1)C(=O)CCC(=O)OCC. The molecule has 0 saturated carbocycles. The van der Waals surface area contributed by atoms with Gasteiger partial charge in [0.25, 0.3) is 0 Å². The van der Waals surface area contributed by atoms with E-state index in [1.807, 2.05) is 37.4 Å². The van der Waals surface area contributed by atoms with Crippen LogP contribution < -0.4 is 0 Å². The number of hydrogen-bond donors (Lipinski definition) is 1. The fourth-order valence-corrected chi connectivity index (χ4v) is 4.20. The van der Waals surface area contributed by atoms with Crippen molar-refractivity contribution in [1.82, 2.24) is 14.8 Å². The zero-order valence-corrected chi connectivity index (χ0v) is 21.7. The molecule has 1 heterocycles. The smallest absolute Gasteiger partial charge is 0.306 e. The number of fused-ring (bicyclic) bond motifs is 1. The van der Waals surface area contributed by atoms with Crippen LogP contribution in [0, 0.1) is 5.82 Å². The Hall–Kier alpha value is -3.68. The van der Waals surface area contributed by atoms with Crippen LogP contribution in [0.2, 0.25) is 0 Å². The highest BCUT2D eigenvalue weighted by molar-refractivity contribution is 5.87. The number of carbonyl (C=O) groups excluding carboxylic acids is 3. The average molecular weight is 510 g/mol. The Morgan fingerprint density at radius 2 is 1.68 bits per heavy atom. The molecule has 198 valence electrons. The summed E-state index contributed by atoms with van der Waals surface area (Å²) in [5.41, 5.74) is 2.94. The first-order valence-corrected chi connectivity index (χ1v) is 12.9. The van der Waals surface area contributed by atoms with Gasteiger partial charge in [-0.15, -0.1) is 0 Å². The molecule has 0 saturated heterocycles. The van der Waals surface area contributed by atoms with Crippen LogP contribution >= 0.6 is 0 Å². The maximum Gasteiger partial charge on any atom is 0.306 e. The molecule has 0 fully saturated rings. The van der Waals surface area contributed by atoms with Crippen molar-refractivity contribution >= 4 is 28.7 Å². The number of ether oxygens (including phenoxy) is 1. The van der Waals surface area contributed by atoms with Crippen molar-refractivity contribution in [3.8, 4) is 0 Å². The van der Waals surface area contributed by atoms with Crippen LogP contribution in [0.1, 0.15) is 50.7 Å². The van der Waals surface area contributed by atoms with E-state index < -0.39 is 5.97 Å². The fraction of sp³-hybridized carbons (Fsp3) is 0.414. The van der Waals surface area contributed by atoms with Crippen LogP contribution in [0.4, 0.5) is 4.39 Å². The van der Waals surface area contributed by atoms with Gasteiger partial charge < -0.3 is 19.5 Å². The van der Waals surface area contributed by atoms with Gasteiger partial charge in [-0.25, -0.2) is 4.39 Å². The topological polar surface area (TPSA) is 82.7 Å². The van der Waals surface area contributed by atoms with Crippen molar-refractivity contribution in [1.29, 1.82) is 0 Å². The molecular formula is C29H36FN3O4. The number of rotatable bonds is 14. The van der Waals surface area contributed by atoms with E-state index in [0.717, 1.165) is 34.9 Å². The lowest BCUT2D eigenvalue weighted by atomic mass is 10.1. The van der Waals surface area contributed by atoms with E-state index >= 15 is 0 Å². The molecule has 0 aliphatic heterocycles. The van der Waals surface area contributed by atoms with Gasteiger partial charge in [0.05, 0.1) is 19.6 Å². The normalized spacial score (nSPS) is 10.9. The van der Waals surface area contributed by atoms with Gasteiger partial charge in [0.2, 0.25) is 11.8 Å². The second kappa shape index (κ2) is 14.2.